The number of rotatable bonds is 6. The van der Waals surface area contributed by atoms with Crippen molar-refractivity contribution in [1.29, 1.82) is 0 Å². The second-order valence-corrected chi connectivity index (χ2v) is 8.35. The van der Waals surface area contributed by atoms with Gasteiger partial charge in [0.25, 0.3) is 0 Å². The van der Waals surface area contributed by atoms with Crippen LogP contribution in [0.1, 0.15) is 24.1 Å². The number of anilines is 2. The number of aliphatic imine (C=N–C) groups is 1. The molecule has 2 fully saturated rings. The SMILES string of the molecule is Cc1ccc(N2CCC(OC3CN(c4cccc(COC(=O)N=C(N)N)c4F)C3)CC2)cn1. The maximum atomic E-state index is 14.9. The number of aryl methyl sites for hydroxylation is 1. The van der Waals surface area contributed by atoms with Gasteiger partial charge in [-0.3, -0.25) is 4.98 Å². The van der Waals surface area contributed by atoms with Gasteiger partial charge < -0.3 is 30.7 Å². The summed E-state index contributed by atoms with van der Waals surface area (Å²) in [5.41, 5.74) is 13.1. The molecule has 9 nitrogen and oxygen atoms in total. The van der Waals surface area contributed by atoms with E-state index in [0.717, 1.165) is 37.3 Å². The Kier molecular flexibility index (Phi) is 6.93. The van der Waals surface area contributed by atoms with Crippen LogP contribution in [0.15, 0.2) is 41.5 Å². The lowest BCUT2D eigenvalue weighted by atomic mass is 10.0. The van der Waals surface area contributed by atoms with E-state index in [1.807, 2.05) is 24.1 Å². The van der Waals surface area contributed by atoms with Crippen molar-refractivity contribution in [2.24, 2.45) is 16.5 Å². The summed E-state index contributed by atoms with van der Waals surface area (Å²) in [5, 5.41) is 0. The van der Waals surface area contributed by atoms with Crippen molar-refractivity contribution in [2.45, 2.75) is 38.6 Å². The third-order valence-corrected chi connectivity index (χ3v) is 5.91. The first-order valence-corrected chi connectivity index (χ1v) is 11.0. The highest BCUT2D eigenvalue weighted by Gasteiger charge is 2.33. The van der Waals surface area contributed by atoms with Crippen molar-refractivity contribution in [2.75, 3.05) is 36.0 Å². The Hall–Kier alpha value is -3.40. The summed E-state index contributed by atoms with van der Waals surface area (Å²) >= 11 is 0. The van der Waals surface area contributed by atoms with E-state index in [1.54, 1.807) is 18.2 Å². The van der Waals surface area contributed by atoms with Crippen LogP contribution >= 0.6 is 0 Å². The van der Waals surface area contributed by atoms with Crippen molar-refractivity contribution in [3.63, 3.8) is 0 Å². The van der Waals surface area contributed by atoms with E-state index < -0.39 is 17.9 Å². The fourth-order valence-corrected chi connectivity index (χ4v) is 4.09. The zero-order valence-corrected chi connectivity index (χ0v) is 18.6. The Morgan fingerprint density at radius 2 is 1.91 bits per heavy atom. The van der Waals surface area contributed by atoms with Gasteiger partial charge in [0, 0.05) is 37.4 Å². The Morgan fingerprint density at radius 3 is 2.58 bits per heavy atom. The molecule has 0 saturated carbocycles. The molecule has 0 aliphatic carbocycles. The van der Waals surface area contributed by atoms with Crippen molar-refractivity contribution in [1.82, 2.24) is 4.98 Å². The summed E-state index contributed by atoms with van der Waals surface area (Å²) < 4.78 is 26.1. The fraction of sp³-hybridized carbons (Fsp3) is 0.435. The van der Waals surface area contributed by atoms with Crippen LogP contribution in [0.4, 0.5) is 20.6 Å². The molecule has 2 saturated heterocycles. The molecule has 3 heterocycles. The monoisotopic (exact) mass is 456 g/mol. The molecular formula is C23H29FN6O3. The largest absolute Gasteiger partial charge is 0.443 e. The Morgan fingerprint density at radius 1 is 1.15 bits per heavy atom. The zero-order chi connectivity index (χ0) is 23.4. The number of benzene rings is 1. The van der Waals surface area contributed by atoms with E-state index in [0.29, 0.717) is 18.8 Å². The van der Waals surface area contributed by atoms with Gasteiger partial charge in [0.05, 0.1) is 29.8 Å². The standard InChI is InChI=1S/C23H29FN6O3/c1-15-5-6-17(11-27-15)29-9-7-18(8-10-29)33-19-12-30(13-19)20-4-2-3-16(21(20)24)14-32-23(31)28-22(25)26/h2-6,11,18-19H,7-10,12-14H2,1H3,(H4,25,26,28,31). The predicted octanol–water partition coefficient (Wildman–Crippen LogP) is 2.31. The maximum absolute atomic E-state index is 14.9. The molecule has 1 aromatic carbocycles. The number of carbonyl (C=O) groups is 1. The van der Waals surface area contributed by atoms with Crippen molar-refractivity contribution < 1.29 is 18.7 Å². The van der Waals surface area contributed by atoms with Crippen LogP contribution in [0.5, 0.6) is 0 Å². The van der Waals surface area contributed by atoms with Gasteiger partial charge in [-0.15, -0.1) is 4.99 Å². The Labute approximate surface area is 192 Å². The van der Waals surface area contributed by atoms with E-state index in [1.165, 1.54) is 0 Å². The molecule has 0 radical (unpaired) electrons. The van der Waals surface area contributed by atoms with Gasteiger partial charge in [-0.25, -0.2) is 9.18 Å². The molecule has 2 aromatic rings. The number of piperidine rings is 1. The predicted molar refractivity (Wildman–Crippen MR) is 124 cm³/mol. The van der Waals surface area contributed by atoms with E-state index in [4.69, 9.17) is 20.9 Å². The number of nitrogens with two attached hydrogens (primary N) is 2. The summed E-state index contributed by atoms with van der Waals surface area (Å²) in [5.74, 6) is -0.827. The second kappa shape index (κ2) is 10.0. The van der Waals surface area contributed by atoms with Crippen molar-refractivity contribution >= 4 is 23.4 Å². The first kappa shape index (κ1) is 22.8. The number of hydrogen-bond donors (Lipinski definition) is 2. The number of carbonyl (C=O) groups excluding carboxylic acids is 1. The lowest BCUT2D eigenvalue weighted by molar-refractivity contribution is -0.0360. The van der Waals surface area contributed by atoms with Gasteiger partial charge in [-0.1, -0.05) is 12.1 Å². The number of guanidine groups is 1. The molecule has 176 valence electrons. The summed E-state index contributed by atoms with van der Waals surface area (Å²) in [7, 11) is 0. The number of halogens is 1. The zero-order valence-electron chi connectivity index (χ0n) is 18.6. The first-order valence-electron chi connectivity index (χ1n) is 11.0. The number of amides is 1. The third-order valence-electron chi connectivity index (χ3n) is 5.91. The summed E-state index contributed by atoms with van der Waals surface area (Å²) in [6.07, 6.45) is 3.15. The summed E-state index contributed by atoms with van der Waals surface area (Å²) in [6.45, 7) is 4.84. The number of hydrogen-bond acceptors (Lipinski definition) is 6. The van der Waals surface area contributed by atoms with E-state index in [9.17, 15) is 9.18 Å². The number of ether oxygens (including phenoxy) is 2. The molecule has 0 unspecified atom stereocenters. The molecule has 33 heavy (non-hydrogen) atoms. The second-order valence-electron chi connectivity index (χ2n) is 8.35. The molecular weight excluding hydrogens is 427 g/mol. The van der Waals surface area contributed by atoms with Crippen molar-refractivity contribution in [3.8, 4) is 0 Å². The highest BCUT2D eigenvalue weighted by Crippen LogP contribution is 2.30. The molecule has 10 heteroatoms. The Balaban J connectivity index is 1.24. The van der Waals surface area contributed by atoms with Crippen LogP contribution in [0, 0.1) is 12.7 Å². The van der Waals surface area contributed by atoms with Gasteiger partial charge in [0.15, 0.2) is 11.8 Å². The molecule has 2 aliphatic heterocycles. The number of pyridine rings is 1. The van der Waals surface area contributed by atoms with Crippen molar-refractivity contribution in [3.05, 3.63) is 53.6 Å². The van der Waals surface area contributed by atoms with Crippen LogP contribution in [0.2, 0.25) is 0 Å². The molecule has 0 spiro atoms. The van der Waals surface area contributed by atoms with Gasteiger partial charge in [-0.05, 0) is 38.0 Å². The highest BCUT2D eigenvalue weighted by atomic mass is 19.1. The quantitative estimate of drug-likeness (QED) is 0.502. The van der Waals surface area contributed by atoms with Crippen LogP contribution in [0.3, 0.4) is 0 Å². The fourth-order valence-electron chi connectivity index (χ4n) is 4.09. The van der Waals surface area contributed by atoms with Crippen LogP contribution in [-0.2, 0) is 16.1 Å². The minimum Gasteiger partial charge on any atom is -0.443 e. The van der Waals surface area contributed by atoms with E-state index in [2.05, 4.69) is 20.9 Å². The van der Waals surface area contributed by atoms with E-state index >= 15 is 0 Å². The first-order chi connectivity index (χ1) is 15.9. The average molecular weight is 457 g/mol. The molecule has 0 atom stereocenters. The van der Waals surface area contributed by atoms with Crippen LogP contribution in [-0.4, -0.2) is 55.4 Å². The van der Waals surface area contributed by atoms with Gasteiger partial charge in [0.1, 0.15) is 6.61 Å². The van der Waals surface area contributed by atoms with Gasteiger partial charge in [0.2, 0.25) is 0 Å². The lowest BCUT2D eigenvalue weighted by Crippen LogP contribution is -2.54. The Bertz CT molecular complexity index is 998. The minimum absolute atomic E-state index is 0.0744. The number of aromatic nitrogens is 1. The summed E-state index contributed by atoms with van der Waals surface area (Å²) in [6, 6.07) is 9.14. The van der Waals surface area contributed by atoms with E-state index in [-0.39, 0.29) is 24.4 Å². The molecule has 4 N–H and O–H groups in total. The maximum Gasteiger partial charge on any atom is 0.437 e. The van der Waals surface area contributed by atoms with Gasteiger partial charge >= 0.3 is 6.09 Å². The third kappa shape index (κ3) is 5.70. The minimum atomic E-state index is -0.957. The van der Waals surface area contributed by atoms with Crippen LogP contribution < -0.4 is 21.3 Å². The molecule has 4 rings (SSSR count). The van der Waals surface area contributed by atoms with Gasteiger partial charge in [-0.2, -0.15) is 0 Å². The summed E-state index contributed by atoms with van der Waals surface area (Å²) in [4.78, 5) is 23.3. The normalized spacial score (nSPS) is 16.9. The number of nitrogens with zero attached hydrogens (tertiary/aromatic N) is 4. The highest BCUT2D eigenvalue weighted by molar-refractivity contribution is 5.87. The molecule has 2 aliphatic rings. The molecule has 1 aromatic heterocycles. The average Bonchev–Trinajstić information content (AvgIpc) is 2.76. The molecule has 1 amide bonds. The van der Waals surface area contributed by atoms with Crippen LogP contribution in [0.25, 0.3) is 0 Å². The molecule has 0 bridgehead atoms. The topological polar surface area (TPSA) is 119 Å². The smallest absolute Gasteiger partial charge is 0.437 e. The lowest BCUT2D eigenvalue weighted by Gasteiger charge is -2.44.